The van der Waals surface area contributed by atoms with Crippen LogP contribution in [-0.4, -0.2) is 27.5 Å². The molecule has 130 valence electrons. The first-order chi connectivity index (χ1) is 11.1. The largest absolute Gasteiger partial charge is 0.315 e. The van der Waals surface area contributed by atoms with Gasteiger partial charge in [-0.2, -0.15) is 0 Å². The standard InChI is InChI=1S/C18H22N2O2S.ClH/c1-14-10-11-19-13-18(14)20-23(21,22)17-9-5-8-16(12-17)15-6-3-2-4-7-15;/h2-9,12,14,18-20H,10-11,13H2,1H3;1H. The van der Waals surface area contributed by atoms with Crippen LogP contribution in [0.15, 0.2) is 59.5 Å². The highest BCUT2D eigenvalue weighted by Crippen LogP contribution is 2.23. The van der Waals surface area contributed by atoms with Crippen molar-refractivity contribution in [3.05, 3.63) is 54.6 Å². The summed E-state index contributed by atoms with van der Waals surface area (Å²) in [6.07, 6.45) is 0.983. The third-order valence-electron chi connectivity index (χ3n) is 4.39. The third kappa shape index (κ3) is 4.36. The van der Waals surface area contributed by atoms with Crippen LogP contribution in [0.3, 0.4) is 0 Å². The first-order valence-corrected chi connectivity index (χ1v) is 9.43. The number of piperidine rings is 1. The minimum atomic E-state index is -3.51. The van der Waals surface area contributed by atoms with Crippen LogP contribution < -0.4 is 10.0 Å². The fourth-order valence-corrected chi connectivity index (χ4v) is 4.28. The minimum absolute atomic E-state index is 0. The van der Waals surface area contributed by atoms with E-state index in [4.69, 9.17) is 0 Å². The lowest BCUT2D eigenvalue weighted by molar-refractivity contribution is 0.327. The van der Waals surface area contributed by atoms with E-state index in [1.54, 1.807) is 18.2 Å². The lowest BCUT2D eigenvalue weighted by Crippen LogP contribution is -2.50. The molecule has 0 saturated carbocycles. The van der Waals surface area contributed by atoms with Gasteiger partial charge in [-0.1, -0.05) is 49.4 Å². The van der Waals surface area contributed by atoms with E-state index in [0.29, 0.717) is 17.4 Å². The molecule has 24 heavy (non-hydrogen) atoms. The molecular formula is C18H23ClN2O2S. The summed E-state index contributed by atoms with van der Waals surface area (Å²) >= 11 is 0. The van der Waals surface area contributed by atoms with Gasteiger partial charge in [0, 0.05) is 12.6 Å². The minimum Gasteiger partial charge on any atom is -0.315 e. The molecule has 0 radical (unpaired) electrons. The van der Waals surface area contributed by atoms with Gasteiger partial charge in [0.2, 0.25) is 10.0 Å². The molecule has 0 aliphatic carbocycles. The van der Waals surface area contributed by atoms with E-state index in [0.717, 1.165) is 24.1 Å². The zero-order valence-corrected chi connectivity index (χ0v) is 15.2. The maximum absolute atomic E-state index is 12.7. The van der Waals surface area contributed by atoms with Gasteiger partial charge in [-0.3, -0.25) is 0 Å². The van der Waals surface area contributed by atoms with Gasteiger partial charge in [-0.05, 0) is 42.1 Å². The van der Waals surface area contributed by atoms with Crippen molar-refractivity contribution < 1.29 is 8.42 Å². The van der Waals surface area contributed by atoms with Crippen molar-refractivity contribution in [1.82, 2.24) is 10.0 Å². The Hall–Kier alpha value is -1.40. The highest BCUT2D eigenvalue weighted by atomic mass is 35.5. The van der Waals surface area contributed by atoms with E-state index in [9.17, 15) is 8.42 Å². The number of sulfonamides is 1. The number of nitrogens with one attached hydrogen (secondary N) is 2. The van der Waals surface area contributed by atoms with Crippen molar-refractivity contribution in [2.45, 2.75) is 24.3 Å². The SMILES string of the molecule is CC1CCNCC1NS(=O)(=O)c1cccc(-c2ccccc2)c1.Cl. The van der Waals surface area contributed by atoms with E-state index in [1.165, 1.54) is 0 Å². The number of hydrogen-bond donors (Lipinski definition) is 2. The van der Waals surface area contributed by atoms with Gasteiger partial charge in [0.05, 0.1) is 4.90 Å². The molecule has 1 heterocycles. The van der Waals surface area contributed by atoms with Crippen molar-refractivity contribution >= 4 is 22.4 Å². The van der Waals surface area contributed by atoms with Crippen molar-refractivity contribution in [3.63, 3.8) is 0 Å². The van der Waals surface area contributed by atoms with Gasteiger partial charge >= 0.3 is 0 Å². The molecule has 2 unspecified atom stereocenters. The Morgan fingerprint density at radius 2 is 1.75 bits per heavy atom. The molecule has 0 aromatic heterocycles. The summed E-state index contributed by atoms with van der Waals surface area (Å²) in [4.78, 5) is 0.316. The molecule has 6 heteroatoms. The molecule has 2 N–H and O–H groups in total. The predicted octanol–water partition coefficient (Wildman–Crippen LogP) is 3.05. The zero-order chi connectivity index (χ0) is 16.3. The number of hydrogen-bond acceptors (Lipinski definition) is 3. The van der Waals surface area contributed by atoms with Gasteiger partial charge in [0.1, 0.15) is 0 Å². The highest BCUT2D eigenvalue weighted by Gasteiger charge is 2.26. The lowest BCUT2D eigenvalue weighted by Gasteiger charge is -2.30. The van der Waals surface area contributed by atoms with Crippen molar-refractivity contribution in [2.24, 2.45) is 5.92 Å². The quantitative estimate of drug-likeness (QED) is 0.874. The Balaban J connectivity index is 0.00000208. The monoisotopic (exact) mass is 366 g/mol. The Bertz CT molecular complexity index is 766. The Labute approximate surface area is 150 Å². The van der Waals surface area contributed by atoms with Gasteiger partial charge in [0.25, 0.3) is 0 Å². The van der Waals surface area contributed by atoms with Gasteiger partial charge in [-0.15, -0.1) is 12.4 Å². The summed E-state index contributed by atoms with van der Waals surface area (Å²) in [5.41, 5.74) is 1.92. The summed E-state index contributed by atoms with van der Waals surface area (Å²) in [5.74, 6) is 0.336. The first kappa shape index (κ1) is 18.9. The van der Waals surface area contributed by atoms with Crippen molar-refractivity contribution in [2.75, 3.05) is 13.1 Å². The summed E-state index contributed by atoms with van der Waals surface area (Å²) < 4.78 is 28.2. The maximum atomic E-state index is 12.7. The van der Waals surface area contributed by atoms with Crippen molar-refractivity contribution in [1.29, 1.82) is 0 Å². The molecule has 0 spiro atoms. The predicted molar refractivity (Wildman–Crippen MR) is 99.9 cm³/mol. The van der Waals surface area contributed by atoms with Crippen LogP contribution in [0.5, 0.6) is 0 Å². The van der Waals surface area contributed by atoms with Gasteiger partial charge in [0.15, 0.2) is 0 Å². The topological polar surface area (TPSA) is 58.2 Å². The Kier molecular flexibility index (Phi) is 6.40. The molecule has 0 amide bonds. The highest BCUT2D eigenvalue weighted by molar-refractivity contribution is 7.89. The average Bonchev–Trinajstić information content (AvgIpc) is 2.58. The van der Waals surface area contributed by atoms with Crippen LogP contribution in [0, 0.1) is 5.92 Å². The molecule has 2 aromatic carbocycles. The van der Waals surface area contributed by atoms with E-state index in [2.05, 4.69) is 17.0 Å². The van der Waals surface area contributed by atoms with Crippen LogP contribution in [0.1, 0.15) is 13.3 Å². The second kappa shape index (κ2) is 8.12. The molecule has 1 saturated heterocycles. The summed E-state index contributed by atoms with van der Waals surface area (Å²) in [5, 5.41) is 3.25. The maximum Gasteiger partial charge on any atom is 0.240 e. The molecule has 0 bridgehead atoms. The van der Waals surface area contributed by atoms with E-state index >= 15 is 0 Å². The fraction of sp³-hybridized carbons (Fsp3) is 0.333. The van der Waals surface area contributed by atoms with Crippen LogP contribution in [0.2, 0.25) is 0 Å². The molecule has 2 atom stereocenters. The fourth-order valence-electron chi connectivity index (χ4n) is 2.89. The molecular weight excluding hydrogens is 344 g/mol. The van der Waals surface area contributed by atoms with Crippen molar-refractivity contribution in [3.8, 4) is 11.1 Å². The average molecular weight is 367 g/mol. The Morgan fingerprint density at radius 1 is 1.04 bits per heavy atom. The Morgan fingerprint density at radius 3 is 2.46 bits per heavy atom. The second-order valence-electron chi connectivity index (χ2n) is 6.09. The smallest absolute Gasteiger partial charge is 0.240 e. The lowest BCUT2D eigenvalue weighted by atomic mass is 9.96. The molecule has 3 rings (SSSR count). The number of benzene rings is 2. The van der Waals surface area contributed by atoms with Crippen LogP contribution in [-0.2, 0) is 10.0 Å². The van der Waals surface area contributed by atoms with E-state index < -0.39 is 10.0 Å². The summed E-state index contributed by atoms with van der Waals surface area (Å²) in [6.45, 7) is 3.72. The molecule has 1 aliphatic rings. The first-order valence-electron chi connectivity index (χ1n) is 7.95. The molecule has 2 aromatic rings. The number of rotatable bonds is 4. The van der Waals surface area contributed by atoms with E-state index in [1.807, 2.05) is 36.4 Å². The third-order valence-corrected chi connectivity index (χ3v) is 5.87. The molecule has 1 aliphatic heterocycles. The van der Waals surface area contributed by atoms with Crippen LogP contribution >= 0.6 is 12.4 Å². The normalized spacial score (nSPS) is 21.0. The van der Waals surface area contributed by atoms with Crippen LogP contribution in [0.25, 0.3) is 11.1 Å². The molecule has 4 nitrogen and oxygen atoms in total. The van der Waals surface area contributed by atoms with E-state index in [-0.39, 0.29) is 18.4 Å². The van der Waals surface area contributed by atoms with Gasteiger partial charge in [-0.25, -0.2) is 13.1 Å². The zero-order valence-electron chi connectivity index (χ0n) is 13.6. The summed E-state index contributed by atoms with van der Waals surface area (Å²) in [7, 11) is -3.51. The van der Waals surface area contributed by atoms with Gasteiger partial charge < -0.3 is 5.32 Å². The number of halogens is 1. The van der Waals surface area contributed by atoms with Crippen LogP contribution in [0.4, 0.5) is 0 Å². The summed E-state index contributed by atoms with van der Waals surface area (Å²) in [6, 6.07) is 16.8. The second-order valence-corrected chi connectivity index (χ2v) is 7.81. The molecule has 1 fully saturated rings.